The van der Waals surface area contributed by atoms with Gasteiger partial charge in [-0.05, 0) is 14.0 Å². The number of hydrogen-bond donors (Lipinski definition) is 2. The van der Waals surface area contributed by atoms with Crippen LogP contribution in [0.2, 0.25) is 0 Å². The minimum absolute atomic E-state index is 0.0869. The third kappa shape index (κ3) is 3.25. The molecule has 1 heterocycles. The first-order valence-corrected chi connectivity index (χ1v) is 5.05. The summed E-state index contributed by atoms with van der Waals surface area (Å²) in [5.74, 6) is 4.93. The molecule has 1 amide bonds. The Morgan fingerprint density at radius 1 is 1.57 bits per heavy atom. The smallest absolute Gasteiger partial charge is 0.235 e. The van der Waals surface area contributed by atoms with Crippen LogP contribution >= 0.6 is 0 Å². The lowest BCUT2D eigenvalue weighted by Crippen LogP contribution is -2.51. The summed E-state index contributed by atoms with van der Waals surface area (Å²) in [6, 6.07) is 0.527. The molecule has 1 rings (SSSR count). The van der Waals surface area contributed by atoms with Gasteiger partial charge in [-0.25, -0.2) is 5.84 Å². The van der Waals surface area contributed by atoms with Crippen molar-refractivity contribution in [2.24, 2.45) is 5.84 Å². The Kier molecular flexibility index (Phi) is 4.31. The molecule has 0 aromatic carbocycles. The fourth-order valence-electron chi connectivity index (χ4n) is 1.83. The van der Waals surface area contributed by atoms with Gasteiger partial charge < -0.3 is 4.90 Å². The van der Waals surface area contributed by atoms with Gasteiger partial charge in [0, 0.05) is 38.6 Å². The number of hydrazine groups is 1. The molecule has 5 nitrogen and oxygen atoms in total. The van der Waals surface area contributed by atoms with Crippen molar-refractivity contribution in [3.8, 4) is 0 Å². The molecule has 0 spiro atoms. The van der Waals surface area contributed by atoms with Crippen LogP contribution in [0.5, 0.6) is 0 Å². The molecule has 82 valence electrons. The Morgan fingerprint density at radius 3 is 2.86 bits per heavy atom. The predicted molar refractivity (Wildman–Crippen MR) is 55.5 cm³/mol. The summed E-state index contributed by atoms with van der Waals surface area (Å²) in [7, 11) is 2.13. The van der Waals surface area contributed by atoms with E-state index in [9.17, 15) is 4.79 Å². The van der Waals surface area contributed by atoms with Crippen molar-refractivity contribution in [1.82, 2.24) is 15.2 Å². The zero-order valence-corrected chi connectivity index (χ0v) is 8.99. The predicted octanol–water partition coefficient (Wildman–Crippen LogP) is -0.998. The van der Waals surface area contributed by atoms with Crippen LogP contribution in [0.1, 0.15) is 13.3 Å². The second kappa shape index (κ2) is 5.29. The van der Waals surface area contributed by atoms with Gasteiger partial charge in [-0.2, -0.15) is 0 Å². The third-order valence-corrected chi connectivity index (χ3v) is 2.76. The number of carbonyl (C=O) groups excluding carboxylic acids is 1. The summed E-state index contributed by atoms with van der Waals surface area (Å²) < 4.78 is 0. The molecule has 1 aliphatic heterocycles. The first kappa shape index (κ1) is 11.4. The first-order chi connectivity index (χ1) is 6.63. The molecule has 0 radical (unpaired) electrons. The number of nitrogens with zero attached hydrogens (tertiary/aromatic N) is 2. The summed E-state index contributed by atoms with van der Waals surface area (Å²) in [6.07, 6.45) is 0.491. The van der Waals surface area contributed by atoms with E-state index in [2.05, 4.69) is 29.2 Å². The lowest BCUT2D eigenvalue weighted by molar-refractivity contribution is -0.121. The van der Waals surface area contributed by atoms with E-state index < -0.39 is 0 Å². The van der Waals surface area contributed by atoms with Crippen LogP contribution in [0.15, 0.2) is 0 Å². The van der Waals surface area contributed by atoms with Gasteiger partial charge in [-0.15, -0.1) is 0 Å². The van der Waals surface area contributed by atoms with Crippen LogP contribution < -0.4 is 11.3 Å². The molecule has 0 saturated carbocycles. The lowest BCUT2D eigenvalue weighted by Gasteiger charge is -2.38. The molecule has 0 bridgehead atoms. The molecular formula is C9H20N4O. The maximum atomic E-state index is 11.0. The average molecular weight is 200 g/mol. The largest absolute Gasteiger partial charge is 0.304 e. The number of hydrogen-bond acceptors (Lipinski definition) is 4. The lowest BCUT2D eigenvalue weighted by atomic mass is 10.2. The number of likely N-dealkylation sites (N-methyl/N-ethyl adjacent to an activating group) is 1. The Bertz CT molecular complexity index is 197. The maximum Gasteiger partial charge on any atom is 0.235 e. The van der Waals surface area contributed by atoms with Crippen molar-refractivity contribution in [3.63, 3.8) is 0 Å². The summed E-state index contributed by atoms with van der Waals surface area (Å²) in [4.78, 5) is 15.6. The number of carbonyl (C=O) groups is 1. The minimum Gasteiger partial charge on any atom is -0.304 e. The molecule has 3 N–H and O–H groups in total. The average Bonchev–Trinajstić information content (AvgIpc) is 2.16. The molecule has 1 fully saturated rings. The summed E-state index contributed by atoms with van der Waals surface area (Å²) >= 11 is 0. The van der Waals surface area contributed by atoms with E-state index >= 15 is 0 Å². The van der Waals surface area contributed by atoms with Crippen LogP contribution in [0.3, 0.4) is 0 Å². The highest BCUT2D eigenvalue weighted by atomic mass is 16.2. The fraction of sp³-hybridized carbons (Fsp3) is 0.889. The van der Waals surface area contributed by atoms with Gasteiger partial charge in [0.25, 0.3) is 0 Å². The van der Waals surface area contributed by atoms with E-state index in [0.29, 0.717) is 12.5 Å². The van der Waals surface area contributed by atoms with E-state index in [1.807, 2.05) is 0 Å². The van der Waals surface area contributed by atoms with Crippen molar-refractivity contribution in [3.05, 3.63) is 0 Å². The quantitative estimate of drug-likeness (QED) is 0.348. The highest BCUT2D eigenvalue weighted by Gasteiger charge is 2.21. The Morgan fingerprint density at radius 2 is 2.29 bits per heavy atom. The number of nitrogens with two attached hydrogens (primary N) is 1. The Labute approximate surface area is 85.2 Å². The van der Waals surface area contributed by atoms with Gasteiger partial charge in [0.1, 0.15) is 0 Å². The SMILES string of the molecule is CC1CN(C)CCN1CCC(=O)NN. The van der Waals surface area contributed by atoms with Crippen molar-refractivity contribution >= 4 is 5.91 Å². The molecule has 1 atom stereocenters. The van der Waals surface area contributed by atoms with E-state index in [-0.39, 0.29) is 5.91 Å². The van der Waals surface area contributed by atoms with E-state index in [1.54, 1.807) is 0 Å². The Balaban J connectivity index is 2.27. The summed E-state index contributed by atoms with van der Waals surface area (Å²) in [5.41, 5.74) is 2.15. The van der Waals surface area contributed by atoms with E-state index in [1.165, 1.54) is 0 Å². The highest BCUT2D eigenvalue weighted by Crippen LogP contribution is 2.07. The molecule has 1 aliphatic rings. The van der Waals surface area contributed by atoms with Crippen molar-refractivity contribution in [2.45, 2.75) is 19.4 Å². The number of piperazine rings is 1. The van der Waals surface area contributed by atoms with Crippen molar-refractivity contribution < 1.29 is 4.79 Å². The molecule has 5 heteroatoms. The molecular weight excluding hydrogens is 180 g/mol. The minimum atomic E-state index is -0.0869. The van der Waals surface area contributed by atoms with Crippen LogP contribution in [-0.2, 0) is 4.79 Å². The normalized spacial score (nSPS) is 24.9. The van der Waals surface area contributed by atoms with Gasteiger partial charge in [0.2, 0.25) is 5.91 Å². The summed E-state index contributed by atoms with van der Waals surface area (Å²) in [6.45, 7) is 6.18. The van der Waals surface area contributed by atoms with Gasteiger partial charge in [-0.3, -0.25) is 15.1 Å². The van der Waals surface area contributed by atoms with Gasteiger partial charge >= 0.3 is 0 Å². The third-order valence-electron chi connectivity index (χ3n) is 2.76. The highest BCUT2D eigenvalue weighted by molar-refractivity contribution is 5.75. The number of amides is 1. The molecule has 14 heavy (non-hydrogen) atoms. The van der Waals surface area contributed by atoms with Gasteiger partial charge in [0.15, 0.2) is 0 Å². The number of nitrogens with one attached hydrogen (secondary N) is 1. The zero-order chi connectivity index (χ0) is 10.6. The first-order valence-electron chi connectivity index (χ1n) is 5.05. The zero-order valence-electron chi connectivity index (χ0n) is 8.99. The standard InChI is InChI=1S/C9H20N4O/c1-8-7-12(2)5-6-13(8)4-3-9(14)11-10/h8H,3-7,10H2,1-2H3,(H,11,14). The molecule has 1 unspecified atom stereocenters. The van der Waals surface area contributed by atoms with Gasteiger partial charge in [0.05, 0.1) is 0 Å². The van der Waals surface area contributed by atoms with Crippen molar-refractivity contribution in [1.29, 1.82) is 0 Å². The summed E-state index contributed by atoms with van der Waals surface area (Å²) in [5, 5.41) is 0. The monoisotopic (exact) mass is 200 g/mol. The second-order valence-corrected chi connectivity index (χ2v) is 3.96. The molecule has 0 aliphatic carbocycles. The van der Waals surface area contributed by atoms with Crippen LogP contribution in [-0.4, -0.2) is 55.0 Å². The molecule has 0 aromatic heterocycles. The molecule has 0 aromatic rings. The molecule has 1 saturated heterocycles. The van der Waals surface area contributed by atoms with Crippen LogP contribution in [0.4, 0.5) is 0 Å². The topological polar surface area (TPSA) is 61.6 Å². The fourth-order valence-corrected chi connectivity index (χ4v) is 1.83. The van der Waals surface area contributed by atoms with Crippen molar-refractivity contribution in [2.75, 3.05) is 33.2 Å². The van der Waals surface area contributed by atoms with Crippen LogP contribution in [0.25, 0.3) is 0 Å². The Hall–Kier alpha value is -0.650. The maximum absolute atomic E-state index is 11.0. The van der Waals surface area contributed by atoms with Gasteiger partial charge in [-0.1, -0.05) is 0 Å². The van der Waals surface area contributed by atoms with E-state index in [4.69, 9.17) is 5.84 Å². The number of rotatable bonds is 3. The second-order valence-electron chi connectivity index (χ2n) is 3.96. The van der Waals surface area contributed by atoms with Crippen LogP contribution in [0, 0.1) is 0 Å². The van der Waals surface area contributed by atoms with E-state index in [0.717, 1.165) is 26.2 Å².